The molecular formula is C28H46O4. The quantitative estimate of drug-likeness (QED) is 0.494. The third-order valence-corrected chi connectivity index (χ3v) is 8.72. The molecule has 0 aromatic rings. The minimum Gasteiger partial charge on any atom is -0.393 e. The summed E-state index contributed by atoms with van der Waals surface area (Å²) in [5.74, 6) is 1.85. The molecule has 182 valence electrons. The minimum absolute atomic E-state index is 0.222. The number of allylic oxidation sites excluding steroid dienone is 2. The second-order valence-corrected chi connectivity index (χ2v) is 11.8. The van der Waals surface area contributed by atoms with E-state index in [1.807, 2.05) is 21.0 Å². The number of fused-ring (bicyclic) bond motifs is 1. The molecule has 7 atom stereocenters. The smallest absolute Gasteiger partial charge is 0.0811 e. The zero-order chi connectivity index (χ0) is 23.7. The van der Waals surface area contributed by atoms with Gasteiger partial charge in [-0.25, -0.2) is 0 Å². The van der Waals surface area contributed by atoms with E-state index in [-0.39, 0.29) is 11.5 Å². The van der Waals surface area contributed by atoms with Crippen LogP contribution < -0.4 is 0 Å². The van der Waals surface area contributed by atoms with Crippen molar-refractivity contribution >= 4 is 0 Å². The largest absolute Gasteiger partial charge is 0.393 e. The Kier molecular flexibility index (Phi) is 8.13. The lowest BCUT2D eigenvalue weighted by Crippen LogP contribution is -2.41. The molecule has 3 N–H and O–H groups in total. The molecule has 0 spiro atoms. The van der Waals surface area contributed by atoms with Crippen LogP contribution in [0.4, 0.5) is 0 Å². The van der Waals surface area contributed by atoms with Crippen LogP contribution in [0.1, 0.15) is 85.5 Å². The molecule has 4 nitrogen and oxygen atoms in total. The molecule has 3 saturated carbocycles. The molecule has 32 heavy (non-hydrogen) atoms. The highest BCUT2D eigenvalue weighted by atomic mass is 16.5. The SMILES string of the molecule is C=C1/C(=C\C=C2/C[C@H](OC)C[C@]3(C)[C@@H]([C@H](C)CCCC(C)(C)O)CC[C@@H]23)C[C@@H](O)C[C@@H]1O. The van der Waals surface area contributed by atoms with Gasteiger partial charge in [-0.3, -0.25) is 0 Å². The summed E-state index contributed by atoms with van der Waals surface area (Å²) in [5.41, 5.74) is 2.81. The maximum Gasteiger partial charge on any atom is 0.0811 e. The molecule has 0 radical (unpaired) electrons. The van der Waals surface area contributed by atoms with Gasteiger partial charge in [-0.2, -0.15) is 0 Å². The molecule has 3 aliphatic rings. The summed E-state index contributed by atoms with van der Waals surface area (Å²) in [6.07, 6.45) is 12.0. The number of rotatable bonds is 7. The molecule has 0 bridgehead atoms. The topological polar surface area (TPSA) is 69.9 Å². The molecule has 0 aliphatic heterocycles. The second-order valence-electron chi connectivity index (χ2n) is 11.8. The van der Waals surface area contributed by atoms with Gasteiger partial charge >= 0.3 is 0 Å². The number of aliphatic hydroxyl groups is 3. The lowest BCUT2D eigenvalue weighted by atomic mass is 9.60. The average molecular weight is 447 g/mol. The molecule has 3 rings (SSSR count). The molecule has 0 heterocycles. The molecule has 0 amide bonds. The first-order chi connectivity index (χ1) is 14.9. The van der Waals surface area contributed by atoms with Gasteiger partial charge in [0.15, 0.2) is 0 Å². The van der Waals surface area contributed by atoms with E-state index in [4.69, 9.17) is 4.74 Å². The van der Waals surface area contributed by atoms with E-state index in [0.29, 0.717) is 30.6 Å². The van der Waals surface area contributed by atoms with Crippen molar-refractivity contribution in [2.24, 2.45) is 23.2 Å². The maximum atomic E-state index is 10.2. The van der Waals surface area contributed by atoms with Gasteiger partial charge in [0.1, 0.15) is 0 Å². The van der Waals surface area contributed by atoms with E-state index in [0.717, 1.165) is 43.3 Å². The van der Waals surface area contributed by atoms with E-state index in [2.05, 4.69) is 32.6 Å². The van der Waals surface area contributed by atoms with Gasteiger partial charge in [-0.15, -0.1) is 0 Å². The molecule has 4 heteroatoms. The van der Waals surface area contributed by atoms with Gasteiger partial charge < -0.3 is 20.1 Å². The Bertz CT molecular complexity index is 730. The average Bonchev–Trinajstić information content (AvgIpc) is 3.05. The summed E-state index contributed by atoms with van der Waals surface area (Å²) in [6, 6.07) is 0. The predicted octanol–water partition coefficient (Wildman–Crippen LogP) is 5.33. The van der Waals surface area contributed by atoms with Gasteiger partial charge in [-0.1, -0.05) is 51.0 Å². The van der Waals surface area contributed by atoms with Crippen molar-refractivity contribution in [2.45, 2.75) is 109 Å². The normalized spacial score (nSPS) is 39.5. The van der Waals surface area contributed by atoms with Crippen LogP contribution >= 0.6 is 0 Å². The fourth-order valence-electron chi connectivity index (χ4n) is 6.94. The third-order valence-electron chi connectivity index (χ3n) is 8.72. The molecule has 3 aliphatic carbocycles. The summed E-state index contributed by atoms with van der Waals surface area (Å²) in [7, 11) is 1.83. The van der Waals surface area contributed by atoms with E-state index >= 15 is 0 Å². The zero-order valence-electron chi connectivity index (χ0n) is 20.9. The lowest BCUT2D eigenvalue weighted by Gasteiger charge is -2.47. The fourth-order valence-corrected chi connectivity index (χ4v) is 6.94. The number of aliphatic hydroxyl groups excluding tert-OH is 2. The minimum atomic E-state index is -0.646. The van der Waals surface area contributed by atoms with E-state index in [9.17, 15) is 15.3 Å². The summed E-state index contributed by atoms with van der Waals surface area (Å²) >= 11 is 0. The highest BCUT2D eigenvalue weighted by Crippen LogP contribution is 2.60. The van der Waals surface area contributed by atoms with Gasteiger partial charge in [0.25, 0.3) is 0 Å². The summed E-state index contributed by atoms with van der Waals surface area (Å²) in [6.45, 7) is 12.7. The standard InChI is InChI=1S/C28H46O4/c1-18(8-7-13-27(3,4)31)24-11-12-25-21(15-23(32-6)17-28(24,25)5)10-9-20-14-22(29)16-26(30)19(20)2/h9-10,18,22-26,29-31H,2,7-8,11-17H2,1,3-6H3/b20-9-,21-10+/t18-,22-,23+,24-,25+,26+,28-/m1/s1. The fraction of sp³-hybridized carbons (Fsp3) is 0.786. The van der Waals surface area contributed by atoms with E-state index in [1.54, 1.807) is 0 Å². The zero-order valence-corrected chi connectivity index (χ0v) is 20.9. The van der Waals surface area contributed by atoms with E-state index < -0.39 is 17.8 Å². The number of hydrogen-bond donors (Lipinski definition) is 3. The number of methoxy groups -OCH3 is 1. The summed E-state index contributed by atoms with van der Waals surface area (Å²) < 4.78 is 5.90. The van der Waals surface area contributed by atoms with Gasteiger partial charge in [-0.05, 0) is 86.7 Å². The number of ether oxygens (including phenoxy) is 1. The molecule has 0 saturated heterocycles. The Hall–Kier alpha value is -0.940. The Morgan fingerprint density at radius 3 is 2.59 bits per heavy atom. The lowest BCUT2D eigenvalue weighted by molar-refractivity contribution is -0.00820. The van der Waals surface area contributed by atoms with Gasteiger partial charge in [0.2, 0.25) is 0 Å². The van der Waals surface area contributed by atoms with Crippen molar-refractivity contribution in [3.05, 3.63) is 35.5 Å². The van der Waals surface area contributed by atoms with Crippen LogP contribution in [0, 0.1) is 23.2 Å². The van der Waals surface area contributed by atoms with Crippen molar-refractivity contribution < 1.29 is 20.1 Å². The Balaban J connectivity index is 1.78. The first kappa shape index (κ1) is 25.7. The van der Waals surface area contributed by atoms with Crippen LogP contribution in [-0.4, -0.2) is 46.3 Å². The first-order valence-corrected chi connectivity index (χ1v) is 12.6. The van der Waals surface area contributed by atoms with Crippen LogP contribution in [0.5, 0.6) is 0 Å². The first-order valence-electron chi connectivity index (χ1n) is 12.6. The molecule has 0 aromatic heterocycles. The van der Waals surface area contributed by atoms with Gasteiger partial charge in [0, 0.05) is 13.5 Å². The maximum absolute atomic E-state index is 10.2. The molecule has 0 unspecified atom stereocenters. The van der Waals surface area contributed by atoms with Crippen molar-refractivity contribution in [2.75, 3.05) is 7.11 Å². The Morgan fingerprint density at radius 2 is 1.94 bits per heavy atom. The molecule has 0 aromatic carbocycles. The molecule has 3 fully saturated rings. The van der Waals surface area contributed by atoms with Crippen LogP contribution in [0.25, 0.3) is 0 Å². The summed E-state index contributed by atoms with van der Waals surface area (Å²) in [5, 5.41) is 30.4. The van der Waals surface area contributed by atoms with E-state index in [1.165, 1.54) is 18.4 Å². The number of hydrogen-bond acceptors (Lipinski definition) is 4. The van der Waals surface area contributed by atoms with Crippen molar-refractivity contribution in [3.63, 3.8) is 0 Å². The highest BCUT2D eigenvalue weighted by molar-refractivity contribution is 5.39. The Morgan fingerprint density at radius 1 is 1.22 bits per heavy atom. The predicted molar refractivity (Wildman–Crippen MR) is 130 cm³/mol. The van der Waals surface area contributed by atoms with Crippen LogP contribution in [0.2, 0.25) is 0 Å². The van der Waals surface area contributed by atoms with Crippen molar-refractivity contribution in [3.8, 4) is 0 Å². The third kappa shape index (κ3) is 5.75. The van der Waals surface area contributed by atoms with Crippen molar-refractivity contribution in [1.29, 1.82) is 0 Å². The van der Waals surface area contributed by atoms with Gasteiger partial charge in [0.05, 0.1) is 23.9 Å². The van der Waals surface area contributed by atoms with Crippen LogP contribution in [0.3, 0.4) is 0 Å². The second kappa shape index (κ2) is 10.1. The Labute approximate surface area is 195 Å². The summed E-state index contributed by atoms with van der Waals surface area (Å²) in [4.78, 5) is 0. The molecular weight excluding hydrogens is 400 g/mol. The monoisotopic (exact) mass is 446 g/mol. The highest BCUT2D eigenvalue weighted by Gasteiger charge is 2.52. The van der Waals surface area contributed by atoms with Crippen LogP contribution in [0.15, 0.2) is 35.5 Å². The van der Waals surface area contributed by atoms with Crippen LogP contribution in [-0.2, 0) is 4.74 Å². The van der Waals surface area contributed by atoms with Crippen molar-refractivity contribution in [1.82, 2.24) is 0 Å².